The topological polar surface area (TPSA) is 149 Å². The molecule has 1 fully saturated rings. The fourth-order valence-corrected chi connectivity index (χ4v) is 7.39. The molecule has 1 aliphatic rings. The molecule has 0 aromatic rings. The minimum Gasteiger partial charge on any atom is -0.394 e. The predicted octanol–water partition coefficient (Wildman–Crippen LogP) is 9.34. The van der Waals surface area contributed by atoms with Crippen LogP contribution in [0.1, 0.15) is 213 Å². The maximum absolute atomic E-state index is 12.9. The average molecular weight is 770 g/mol. The lowest BCUT2D eigenvalue weighted by Gasteiger charge is -2.40. The Hall–Kier alpha value is -1.07. The summed E-state index contributed by atoms with van der Waals surface area (Å²) >= 11 is 0. The fourth-order valence-electron chi connectivity index (χ4n) is 7.39. The Morgan fingerprint density at radius 3 is 1.44 bits per heavy atom. The van der Waals surface area contributed by atoms with E-state index >= 15 is 0 Å². The molecule has 1 rings (SSSR count). The molecule has 0 aliphatic carbocycles. The minimum absolute atomic E-state index is 0.174. The lowest BCUT2D eigenvalue weighted by atomic mass is 9.99. The molecule has 2 unspecified atom stereocenters. The van der Waals surface area contributed by atoms with Crippen LogP contribution in [0.4, 0.5) is 0 Å². The van der Waals surface area contributed by atoms with Crippen molar-refractivity contribution in [1.82, 2.24) is 5.32 Å². The molecule has 1 amide bonds. The van der Waals surface area contributed by atoms with Crippen LogP contribution in [0.5, 0.6) is 0 Å². The number of allylic oxidation sites excluding steroid dienone is 1. The summed E-state index contributed by atoms with van der Waals surface area (Å²) in [6.07, 6.45) is 33.9. The van der Waals surface area contributed by atoms with Crippen molar-refractivity contribution in [3.63, 3.8) is 0 Å². The number of aliphatic hydroxyl groups excluding tert-OH is 5. The second-order valence-electron chi connectivity index (χ2n) is 16.2. The van der Waals surface area contributed by atoms with Crippen molar-refractivity contribution in [2.75, 3.05) is 13.2 Å². The van der Waals surface area contributed by atoms with Gasteiger partial charge in [-0.2, -0.15) is 0 Å². The molecule has 1 heterocycles. The highest BCUT2D eigenvalue weighted by Crippen LogP contribution is 2.23. The normalized spacial score (nSPS) is 21.5. The van der Waals surface area contributed by atoms with E-state index in [1.165, 1.54) is 154 Å². The molecule has 0 spiro atoms. The number of ether oxygens (including phenoxy) is 2. The SMILES string of the molecule is CCCCCCCCCCCCCC/C=C/[C@@H](O)[C@H](CO[C@@H]1O[C@H](CO)[C@@H](O)C(O)C1O)NC(=O)CCCCCCCCCCCCCCCCCCC. The van der Waals surface area contributed by atoms with Gasteiger partial charge in [-0.1, -0.05) is 199 Å². The van der Waals surface area contributed by atoms with Crippen molar-refractivity contribution in [3.8, 4) is 0 Å². The van der Waals surface area contributed by atoms with Crippen LogP contribution in [0.2, 0.25) is 0 Å². The Balaban J connectivity index is 2.35. The number of aliphatic hydroxyl groups is 5. The van der Waals surface area contributed by atoms with Crippen LogP contribution >= 0.6 is 0 Å². The average Bonchev–Trinajstić information content (AvgIpc) is 3.17. The van der Waals surface area contributed by atoms with Crippen LogP contribution in [-0.4, -0.2) is 87.5 Å². The largest absolute Gasteiger partial charge is 0.394 e. The standard InChI is InChI=1S/C45H87NO8/c1-3-5-7-9-11-13-15-17-19-20-21-23-25-27-29-31-33-35-41(49)46-38(37-53-45-44(52)43(51)42(50)40(36-47)54-45)39(48)34-32-30-28-26-24-22-18-16-14-12-10-8-6-4-2/h32,34,38-40,42-45,47-48,50-52H,3-31,33,35-37H2,1-2H3,(H,46,49)/b34-32+/t38-,39+,40+,42+,43?,44?,45+/m0/s1. The molecule has 54 heavy (non-hydrogen) atoms. The van der Waals surface area contributed by atoms with Crippen LogP contribution in [0.25, 0.3) is 0 Å². The third-order valence-corrected chi connectivity index (χ3v) is 11.1. The van der Waals surface area contributed by atoms with Gasteiger partial charge in [-0.3, -0.25) is 4.79 Å². The molecule has 0 saturated carbocycles. The molecule has 9 heteroatoms. The van der Waals surface area contributed by atoms with Crippen LogP contribution in [0.15, 0.2) is 12.2 Å². The second kappa shape index (κ2) is 36.3. The lowest BCUT2D eigenvalue weighted by Crippen LogP contribution is -2.60. The van der Waals surface area contributed by atoms with E-state index in [-0.39, 0.29) is 12.5 Å². The first-order chi connectivity index (χ1) is 26.3. The number of unbranched alkanes of at least 4 members (excludes halogenated alkanes) is 28. The van der Waals surface area contributed by atoms with Gasteiger partial charge in [-0.25, -0.2) is 0 Å². The van der Waals surface area contributed by atoms with Gasteiger partial charge in [0.1, 0.15) is 24.4 Å². The Morgan fingerprint density at radius 1 is 0.611 bits per heavy atom. The molecule has 6 N–H and O–H groups in total. The van der Waals surface area contributed by atoms with E-state index in [2.05, 4.69) is 19.2 Å². The van der Waals surface area contributed by atoms with Crippen molar-refractivity contribution in [1.29, 1.82) is 0 Å². The van der Waals surface area contributed by atoms with E-state index in [1.807, 2.05) is 6.08 Å². The van der Waals surface area contributed by atoms with Gasteiger partial charge in [0.2, 0.25) is 5.91 Å². The molecule has 7 atom stereocenters. The third-order valence-electron chi connectivity index (χ3n) is 11.1. The number of amides is 1. The fraction of sp³-hybridized carbons (Fsp3) is 0.933. The molecular formula is C45H87NO8. The first-order valence-electron chi connectivity index (χ1n) is 22.9. The van der Waals surface area contributed by atoms with Crippen LogP contribution < -0.4 is 5.32 Å². The molecule has 0 bridgehead atoms. The number of hydrogen-bond acceptors (Lipinski definition) is 8. The number of carbonyl (C=O) groups is 1. The molecule has 0 aromatic carbocycles. The zero-order valence-corrected chi connectivity index (χ0v) is 35.0. The summed E-state index contributed by atoms with van der Waals surface area (Å²) < 4.78 is 11.2. The van der Waals surface area contributed by atoms with E-state index in [0.717, 1.165) is 38.5 Å². The Kier molecular flexibility index (Phi) is 34.2. The minimum atomic E-state index is -1.56. The quantitative estimate of drug-likeness (QED) is 0.0269. The molecular weight excluding hydrogens is 682 g/mol. The highest BCUT2D eigenvalue weighted by Gasteiger charge is 2.44. The molecule has 1 aliphatic heterocycles. The van der Waals surface area contributed by atoms with E-state index in [0.29, 0.717) is 6.42 Å². The number of rotatable bonds is 38. The van der Waals surface area contributed by atoms with Crippen molar-refractivity contribution in [2.45, 2.75) is 256 Å². The van der Waals surface area contributed by atoms with E-state index in [9.17, 15) is 30.3 Å². The zero-order valence-electron chi connectivity index (χ0n) is 35.0. The first-order valence-corrected chi connectivity index (χ1v) is 22.9. The first kappa shape index (κ1) is 50.9. The van der Waals surface area contributed by atoms with Gasteiger partial charge in [-0.15, -0.1) is 0 Å². The third kappa shape index (κ3) is 26.7. The maximum atomic E-state index is 12.9. The number of hydrogen-bond donors (Lipinski definition) is 6. The van der Waals surface area contributed by atoms with Gasteiger partial charge in [-0.05, 0) is 19.3 Å². The summed E-state index contributed by atoms with van der Waals surface area (Å²) in [5.41, 5.74) is 0. The maximum Gasteiger partial charge on any atom is 0.220 e. The van der Waals surface area contributed by atoms with Crippen LogP contribution in [0.3, 0.4) is 0 Å². The van der Waals surface area contributed by atoms with Gasteiger partial charge in [0.05, 0.1) is 25.4 Å². The lowest BCUT2D eigenvalue weighted by molar-refractivity contribution is -0.302. The molecule has 0 radical (unpaired) electrons. The predicted molar refractivity (Wildman–Crippen MR) is 221 cm³/mol. The summed E-state index contributed by atoms with van der Waals surface area (Å²) in [7, 11) is 0. The smallest absolute Gasteiger partial charge is 0.220 e. The van der Waals surface area contributed by atoms with Crippen molar-refractivity contribution >= 4 is 5.91 Å². The number of nitrogens with one attached hydrogen (secondary N) is 1. The van der Waals surface area contributed by atoms with Gasteiger partial charge >= 0.3 is 0 Å². The van der Waals surface area contributed by atoms with Gasteiger partial charge in [0.15, 0.2) is 6.29 Å². The monoisotopic (exact) mass is 770 g/mol. The van der Waals surface area contributed by atoms with Crippen molar-refractivity contribution in [2.24, 2.45) is 0 Å². The van der Waals surface area contributed by atoms with Crippen molar-refractivity contribution < 1.29 is 39.8 Å². The van der Waals surface area contributed by atoms with Crippen LogP contribution in [-0.2, 0) is 14.3 Å². The number of carbonyl (C=O) groups excluding carboxylic acids is 1. The van der Waals surface area contributed by atoms with E-state index in [1.54, 1.807) is 6.08 Å². The molecule has 9 nitrogen and oxygen atoms in total. The highest BCUT2D eigenvalue weighted by atomic mass is 16.7. The van der Waals surface area contributed by atoms with Gasteiger partial charge in [0, 0.05) is 6.42 Å². The van der Waals surface area contributed by atoms with Gasteiger partial charge in [0.25, 0.3) is 0 Å². The Labute approximate surface area is 331 Å². The summed E-state index contributed by atoms with van der Waals surface area (Å²) in [5, 5.41) is 54.1. The summed E-state index contributed by atoms with van der Waals surface area (Å²) in [5.74, 6) is -0.174. The molecule has 1 saturated heterocycles. The molecule has 0 aromatic heterocycles. The molecule has 320 valence electrons. The van der Waals surface area contributed by atoms with Crippen molar-refractivity contribution in [3.05, 3.63) is 12.2 Å². The van der Waals surface area contributed by atoms with Gasteiger partial charge < -0.3 is 40.3 Å². The van der Waals surface area contributed by atoms with E-state index in [4.69, 9.17) is 9.47 Å². The van der Waals surface area contributed by atoms with Crippen LogP contribution in [0, 0.1) is 0 Å². The summed E-state index contributed by atoms with van der Waals surface area (Å²) in [4.78, 5) is 12.9. The zero-order chi connectivity index (χ0) is 39.5. The second-order valence-corrected chi connectivity index (χ2v) is 16.2. The summed E-state index contributed by atoms with van der Waals surface area (Å²) in [6, 6.07) is -0.797. The Morgan fingerprint density at radius 2 is 1.02 bits per heavy atom. The highest BCUT2D eigenvalue weighted by molar-refractivity contribution is 5.76. The Bertz CT molecular complexity index is 858. The van der Waals surface area contributed by atoms with E-state index < -0.39 is 49.5 Å². The summed E-state index contributed by atoms with van der Waals surface area (Å²) in [6.45, 7) is 3.78.